The lowest BCUT2D eigenvalue weighted by atomic mass is 9.88. The molecule has 0 aliphatic carbocycles. The van der Waals surface area contributed by atoms with Crippen LogP contribution in [-0.2, 0) is 10.2 Å². The highest BCUT2D eigenvalue weighted by Gasteiger charge is 2.36. The molecule has 2 heterocycles. The molecule has 9 nitrogen and oxygen atoms in total. The number of benzene rings is 1. The molecule has 11 heteroatoms. The molecule has 3 rings (SSSR count). The number of piperidine rings is 1. The van der Waals surface area contributed by atoms with Crippen LogP contribution in [0.3, 0.4) is 0 Å². The molecule has 1 aromatic carbocycles. The zero-order valence-electron chi connectivity index (χ0n) is 19.2. The Bertz CT molecular complexity index is 1090. The van der Waals surface area contributed by atoms with Crippen LogP contribution in [0.1, 0.15) is 54.3 Å². The van der Waals surface area contributed by atoms with Gasteiger partial charge in [0.25, 0.3) is 10.2 Å². The Morgan fingerprint density at radius 3 is 2.53 bits per heavy atom. The van der Waals surface area contributed by atoms with Crippen LogP contribution in [0.25, 0.3) is 0 Å². The minimum atomic E-state index is -3.93. The summed E-state index contributed by atoms with van der Waals surface area (Å²) in [6, 6.07) is 1.97. The molecule has 1 aliphatic rings. The lowest BCUT2D eigenvalue weighted by Gasteiger charge is -2.34. The van der Waals surface area contributed by atoms with Gasteiger partial charge in [0.2, 0.25) is 5.89 Å². The van der Waals surface area contributed by atoms with Gasteiger partial charge in [-0.2, -0.15) is 17.4 Å². The number of aromatic nitrogens is 2. The number of aryl methyl sites for hydroxylation is 1. The Labute approximate surface area is 188 Å². The van der Waals surface area contributed by atoms with Gasteiger partial charge in [-0.1, -0.05) is 13.0 Å². The van der Waals surface area contributed by atoms with E-state index in [1.807, 2.05) is 21.0 Å². The highest BCUT2D eigenvalue weighted by molar-refractivity contribution is 7.87. The molecule has 0 amide bonds. The van der Waals surface area contributed by atoms with Crippen molar-refractivity contribution in [1.29, 1.82) is 0 Å². The van der Waals surface area contributed by atoms with E-state index in [4.69, 9.17) is 4.42 Å². The van der Waals surface area contributed by atoms with E-state index < -0.39 is 33.7 Å². The number of H-pyrrole nitrogens is 1. The number of hydrogen-bond acceptors (Lipinski definition) is 6. The monoisotopic (exact) mass is 469 g/mol. The van der Waals surface area contributed by atoms with Gasteiger partial charge < -0.3 is 9.32 Å². The SMILES string of the molecule is Cc1ccc(F)c(C(C)[C@H](NS(=O)(=O)N2CCC(CN(C)C)CC2)c2n[nH]c(=O)o2)c1C. The summed E-state index contributed by atoms with van der Waals surface area (Å²) >= 11 is 0. The molecule has 178 valence electrons. The van der Waals surface area contributed by atoms with E-state index in [0.717, 1.165) is 24.9 Å². The number of nitrogens with one attached hydrogen (secondary N) is 2. The molecule has 1 unspecified atom stereocenters. The number of aromatic amines is 1. The number of rotatable bonds is 8. The third-order valence-electron chi connectivity index (χ3n) is 6.22. The predicted molar refractivity (Wildman–Crippen MR) is 119 cm³/mol. The van der Waals surface area contributed by atoms with Crippen LogP contribution in [-0.4, -0.2) is 61.5 Å². The van der Waals surface area contributed by atoms with Crippen molar-refractivity contribution < 1.29 is 17.2 Å². The maximum Gasteiger partial charge on any atom is 0.434 e. The van der Waals surface area contributed by atoms with Gasteiger partial charge in [0.15, 0.2) is 0 Å². The topological polar surface area (TPSA) is 112 Å². The first-order valence-electron chi connectivity index (χ1n) is 10.7. The number of nitrogens with zero attached hydrogens (tertiary/aromatic N) is 3. The van der Waals surface area contributed by atoms with Crippen molar-refractivity contribution in [2.75, 3.05) is 33.7 Å². The molecular formula is C21H32FN5O4S. The van der Waals surface area contributed by atoms with E-state index in [-0.39, 0.29) is 5.89 Å². The van der Waals surface area contributed by atoms with Gasteiger partial charge in [0, 0.05) is 25.6 Å². The second-order valence-electron chi connectivity index (χ2n) is 8.85. The molecule has 1 fully saturated rings. The fourth-order valence-corrected chi connectivity index (χ4v) is 5.82. The van der Waals surface area contributed by atoms with Crippen molar-refractivity contribution in [3.05, 3.63) is 51.1 Å². The van der Waals surface area contributed by atoms with Gasteiger partial charge in [0.1, 0.15) is 11.9 Å². The standard InChI is InChI=1S/C21H32FN5O4S/c1-13-6-7-17(22)18(14(13)2)15(3)19(20-23-24-21(28)31-20)25-32(29,30)27-10-8-16(9-11-27)12-26(4)5/h6-7,15-16,19,25H,8-12H2,1-5H3,(H,24,28)/t15?,19-/m0/s1. The quantitative estimate of drug-likeness (QED) is 0.612. The second-order valence-corrected chi connectivity index (χ2v) is 10.6. The third kappa shape index (κ3) is 5.45. The molecule has 0 saturated carbocycles. The molecular weight excluding hydrogens is 437 g/mol. The summed E-state index contributed by atoms with van der Waals surface area (Å²) in [5.41, 5.74) is 1.94. The van der Waals surface area contributed by atoms with Crippen molar-refractivity contribution in [3.8, 4) is 0 Å². The largest absolute Gasteiger partial charge is 0.434 e. The molecule has 0 spiro atoms. The van der Waals surface area contributed by atoms with Crippen LogP contribution in [0, 0.1) is 25.6 Å². The smallest absolute Gasteiger partial charge is 0.391 e. The first kappa shape index (κ1) is 24.6. The van der Waals surface area contributed by atoms with Gasteiger partial charge >= 0.3 is 5.76 Å². The van der Waals surface area contributed by atoms with E-state index in [9.17, 15) is 17.6 Å². The van der Waals surface area contributed by atoms with Crippen LogP contribution < -0.4 is 10.5 Å². The fraction of sp³-hybridized carbons (Fsp3) is 0.619. The van der Waals surface area contributed by atoms with Gasteiger partial charge in [-0.3, -0.25) is 0 Å². The van der Waals surface area contributed by atoms with Crippen molar-refractivity contribution in [2.24, 2.45) is 5.92 Å². The average molecular weight is 470 g/mol. The Kier molecular flexibility index (Phi) is 7.53. The molecule has 1 aliphatic heterocycles. The summed E-state index contributed by atoms with van der Waals surface area (Å²) in [5.74, 6) is -1.63. The predicted octanol–water partition coefficient (Wildman–Crippen LogP) is 2.07. The normalized spacial score (nSPS) is 18.2. The summed E-state index contributed by atoms with van der Waals surface area (Å²) in [5, 5.41) is 6.01. The second kappa shape index (κ2) is 9.82. The Balaban J connectivity index is 1.88. The molecule has 0 bridgehead atoms. The van der Waals surface area contributed by atoms with E-state index in [2.05, 4.69) is 19.8 Å². The highest BCUT2D eigenvalue weighted by atomic mass is 32.2. The third-order valence-corrected chi connectivity index (χ3v) is 7.82. The average Bonchev–Trinajstić information content (AvgIpc) is 3.15. The molecule has 32 heavy (non-hydrogen) atoms. The van der Waals surface area contributed by atoms with E-state index in [1.54, 1.807) is 19.9 Å². The van der Waals surface area contributed by atoms with Crippen LogP contribution in [0.4, 0.5) is 4.39 Å². The van der Waals surface area contributed by atoms with Gasteiger partial charge in [0.05, 0.1) is 0 Å². The van der Waals surface area contributed by atoms with Crippen LogP contribution in [0.5, 0.6) is 0 Å². The molecule has 2 aromatic rings. The first-order chi connectivity index (χ1) is 15.0. The Morgan fingerprint density at radius 2 is 1.97 bits per heavy atom. The molecule has 1 aromatic heterocycles. The molecule has 1 saturated heterocycles. The van der Waals surface area contributed by atoms with Crippen molar-refractivity contribution in [1.82, 2.24) is 24.1 Å². The van der Waals surface area contributed by atoms with Crippen molar-refractivity contribution >= 4 is 10.2 Å². The minimum absolute atomic E-state index is 0.131. The highest BCUT2D eigenvalue weighted by Crippen LogP contribution is 2.35. The lowest BCUT2D eigenvalue weighted by Crippen LogP contribution is -2.47. The number of hydrogen-bond donors (Lipinski definition) is 2. The maximum atomic E-state index is 14.8. The summed E-state index contributed by atoms with van der Waals surface area (Å²) in [6.45, 7) is 7.01. The van der Waals surface area contributed by atoms with Gasteiger partial charge in [-0.05, 0) is 69.5 Å². The maximum absolute atomic E-state index is 14.8. The Morgan fingerprint density at radius 1 is 1.31 bits per heavy atom. The van der Waals surface area contributed by atoms with E-state index >= 15 is 0 Å². The molecule has 0 radical (unpaired) electrons. The van der Waals surface area contributed by atoms with E-state index in [1.165, 1.54) is 10.4 Å². The molecule has 2 atom stereocenters. The van der Waals surface area contributed by atoms with E-state index in [0.29, 0.717) is 30.1 Å². The van der Waals surface area contributed by atoms with Crippen LogP contribution in [0.15, 0.2) is 21.3 Å². The molecule has 2 N–H and O–H groups in total. The van der Waals surface area contributed by atoms with Gasteiger partial charge in [-0.25, -0.2) is 14.3 Å². The van der Waals surface area contributed by atoms with Crippen LogP contribution >= 0.6 is 0 Å². The zero-order valence-corrected chi connectivity index (χ0v) is 20.0. The van der Waals surface area contributed by atoms with Crippen LogP contribution in [0.2, 0.25) is 0 Å². The van der Waals surface area contributed by atoms with Gasteiger partial charge in [-0.15, -0.1) is 5.10 Å². The fourth-order valence-electron chi connectivity index (χ4n) is 4.35. The zero-order chi connectivity index (χ0) is 23.6. The summed E-state index contributed by atoms with van der Waals surface area (Å²) in [7, 11) is 0.0706. The first-order valence-corrected chi connectivity index (χ1v) is 12.2. The number of halogens is 1. The Hall–Kier alpha value is -2.08. The summed E-state index contributed by atoms with van der Waals surface area (Å²) in [4.78, 5) is 13.7. The minimum Gasteiger partial charge on any atom is -0.391 e. The summed E-state index contributed by atoms with van der Waals surface area (Å²) < 4.78 is 50.4. The lowest BCUT2D eigenvalue weighted by molar-refractivity contribution is 0.222. The van der Waals surface area contributed by atoms with Crippen molar-refractivity contribution in [3.63, 3.8) is 0 Å². The summed E-state index contributed by atoms with van der Waals surface area (Å²) in [6.07, 6.45) is 1.50. The van der Waals surface area contributed by atoms with Crippen molar-refractivity contribution in [2.45, 2.75) is 45.6 Å².